The summed E-state index contributed by atoms with van der Waals surface area (Å²) in [5.74, 6) is -0.648. The molecule has 0 saturated heterocycles. The molecule has 0 aliphatic rings. The van der Waals surface area contributed by atoms with Gasteiger partial charge in [0.15, 0.2) is 0 Å². The number of anilines is 3. The lowest BCUT2D eigenvalue weighted by Gasteiger charge is -2.10. The Hall–Kier alpha value is -4.13. The third-order valence-corrected chi connectivity index (χ3v) is 4.95. The second-order valence-electron chi connectivity index (χ2n) is 7.73. The van der Waals surface area contributed by atoms with E-state index < -0.39 is 0 Å². The first-order chi connectivity index (χ1) is 16.5. The topological polar surface area (TPSA) is 96.5 Å². The van der Waals surface area contributed by atoms with Crippen molar-refractivity contribution in [2.45, 2.75) is 26.2 Å². The number of aryl methyl sites for hydroxylation is 1. The number of esters is 1. The number of carbonyl (C=O) groups is 3. The summed E-state index contributed by atoms with van der Waals surface area (Å²) in [6, 6.07) is 23.6. The van der Waals surface area contributed by atoms with Crippen LogP contribution in [0.5, 0.6) is 0 Å². The highest BCUT2D eigenvalue weighted by atomic mass is 16.5. The minimum absolute atomic E-state index is 0.0476. The average Bonchev–Trinajstić information content (AvgIpc) is 2.86. The lowest BCUT2D eigenvalue weighted by atomic mass is 10.1. The van der Waals surface area contributed by atoms with Gasteiger partial charge in [0.25, 0.3) is 0 Å². The van der Waals surface area contributed by atoms with Crippen LogP contribution in [0.1, 0.15) is 35.7 Å². The zero-order chi connectivity index (χ0) is 24.2. The van der Waals surface area contributed by atoms with Gasteiger partial charge in [-0.05, 0) is 66.9 Å². The molecule has 0 aromatic heterocycles. The van der Waals surface area contributed by atoms with Gasteiger partial charge in [-0.1, -0.05) is 37.3 Å². The second kappa shape index (κ2) is 12.8. The summed E-state index contributed by atoms with van der Waals surface area (Å²) in [7, 11) is 0. The molecule has 7 heteroatoms. The highest BCUT2D eigenvalue weighted by molar-refractivity contribution is 5.95. The second-order valence-corrected chi connectivity index (χ2v) is 7.73. The maximum atomic E-state index is 12.2. The van der Waals surface area contributed by atoms with Gasteiger partial charge in [0.05, 0.1) is 18.7 Å². The predicted molar refractivity (Wildman–Crippen MR) is 134 cm³/mol. The summed E-state index contributed by atoms with van der Waals surface area (Å²) in [6.45, 7) is 2.38. The van der Waals surface area contributed by atoms with Crippen LogP contribution in [0.15, 0.2) is 78.9 Å². The number of ether oxygens (including phenoxy) is 1. The molecule has 0 spiro atoms. The Kier molecular flexibility index (Phi) is 9.22. The van der Waals surface area contributed by atoms with E-state index in [1.54, 1.807) is 48.5 Å². The summed E-state index contributed by atoms with van der Waals surface area (Å²) >= 11 is 0. The Morgan fingerprint density at radius 2 is 1.32 bits per heavy atom. The smallest absolute Gasteiger partial charge is 0.338 e. The Morgan fingerprint density at radius 1 is 0.735 bits per heavy atom. The van der Waals surface area contributed by atoms with Crippen molar-refractivity contribution in [2.24, 2.45) is 0 Å². The van der Waals surface area contributed by atoms with Crippen molar-refractivity contribution in [3.05, 3.63) is 90.0 Å². The molecule has 34 heavy (non-hydrogen) atoms. The van der Waals surface area contributed by atoms with Crippen molar-refractivity contribution in [3.63, 3.8) is 0 Å². The first-order valence-corrected chi connectivity index (χ1v) is 11.3. The summed E-state index contributed by atoms with van der Waals surface area (Å²) in [5.41, 5.74) is 3.61. The highest BCUT2D eigenvalue weighted by Crippen LogP contribution is 2.15. The van der Waals surface area contributed by atoms with E-state index in [-0.39, 0.29) is 24.3 Å². The van der Waals surface area contributed by atoms with E-state index in [2.05, 4.69) is 16.0 Å². The van der Waals surface area contributed by atoms with Crippen LogP contribution in [-0.2, 0) is 20.7 Å². The van der Waals surface area contributed by atoms with E-state index in [1.807, 2.05) is 37.3 Å². The largest absolute Gasteiger partial charge is 0.462 e. The molecular formula is C27H29N3O4. The number of amides is 2. The van der Waals surface area contributed by atoms with Crippen LogP contribution in [0.25, 0.3) is 0 Å². The number of nitrogens with one attached hydrogen (secondary N) is 3. The Labute approximate surface area is 199 Å². The molecule has 0 fully saturated rings. The van der Waals surface area contributed by atoms with Crippen molar-refractivity contribution < 1.29 is 19.1 Å². The molecular weight excluding hydrogens is 430 g/mol. The van der Waals surface area contributed by atoms with Gasteiger partial charge in [0.1, 0.15) is 0 Å². The van der Waals surface area contributed by atoms with Gasteiger partial charge in [-0.2, -0.15) is 0 Å². The molecule has 0 atom stereocenters. The first kappa shape index (κ1) is 24.5. The highest BCUT2D eigenvalue weighted by Gasteiger charge is 2.08. The number of rotatable bonds is 11. The first-order valence-electron chi connectivity index (χ1n) is 11.3. The lowest BCUT2D eigenvalue weighted by molar-refractivity contribution is -0.116. The Morgan fingerprint density at radius 3 is 1.97 bits per heavy atom. The quantitative estimate of drug-likeness (QED) is 0.355. The van der Waals surface area contributed by atoms with E-state index in [4.69, 9.17) is 4.74 Å². The molecule has 2 amide bonds. The molecule has 3 rings (SSSR count). The van der Waals surface area contributed by atoms with Crippen molar-refractivity contribution in [2.75, 3.05) is 29.1 Å². The molecule has 7 nitrogen and oxygen atoms in total. The predicted octanol–water partition coefficient (Wildman–Crippen LogP) is 4.88. The zero-order valence-electron chi connectivity index (χ0n) is 19.2. The summed E-state index contributed by atoms with van der Waals surface area (Å²) in [4.78, 5) is 36.2. The van der Waals surface area contributed by atoms with E-state index in [9.17, 15) is 14.4 Å². The standard InChI is InChI=1S/C27H29N3O4/c1-2-18-34-27(33)21-9-11-23(12-10-21)30-26(32)19-28-22-13-15-24(16-14-22)29-25(31)17-8-20-6-4-3-5-7-20/h3-7,9-16,28H,2,8,17-19H2,1H3,(H,29,31)(H,30,32). The van der Waals surface area contributed by atoms with Crippen molar-refractivity contribution in [1.29, 1.82) is 0 Å². The van der Waals surface area contributed by atoms with Crippen LogP contribution in [0, 0.1) is 0 Å². The van der Waals surface area contributed by atoms with Crippen LogP contribution >= 0.6 is 0 Å². The number of benzene rings is 3. The van der Waals surface area contributed by atoms with Crippen molar-refractivity contribution >= 4 is 34.8 Å². The summed E-state index contributed by atoms with van der Waals surface area (Å²) < 4.78 is 5.09. The SMILES string of the molecule is CCCOC(=O)c1ccc(NC(=O)CNc2ccc(NC(=O)CCc3ccccc3)cc2)cc1. The van der Waals surface area contributed by atoms with Crippen LogP contribution < -0.4 is 16.0 Å². The van der Waals surface area contributed by atoms with Gasteiger partial charge in [-0.15, -0.1) is 0 Å². The van der Waals surface area contributed by atoms with E-state index in [1.165, 1.54) is 0 Å². The molecule has 0 unspecified atom stereocenters. The number of hydrogen-bond acceptors (Lipinski definition) is 5. The fraction of sp³-hybridized carbons (Fsp3) is 0.222. The third kappa shape index (κ3) is 8.09. The van der Waals surface area contributed by atoms with Gasteiger partial charge in [0, 0.05) is 23.5 Å². The van der Waals surface area contributed by atoms with Crippen LogP contribution in [-0.4, -0.2) is 30.9 Å². The maximum Gasteiger partial charge on any atom is 0.338 e. The van der Waals surface area contributed by atoms with Crippen molar-refractivity contribution in [3.8, 4) is 0 Å². The van der Waals surface area contributed by atoms with Gasteiger partial charge < -0.3 is 20.7 Å². The minimum atomic E-state index is -0.378. The molecule has 0 aliphatic heterocycles. The van der Waals surface area contributed by atoms with E-state index in [0.29, 0.717) is 36.4 Å². The fourth-order valence-corrected chi connectivity index (χ4v) is 3.15. The molecule has 0 radical (unpaired) electrons. The third-order valence-electron chi connectivity index (χ3n) is 4.95. The van der Waals surface area contributed by atoms with Crippen molar-refractivity contribution in [1.82, 2.24) is 0 Å². The molecule has 3 aromatic carbocycles. The number of hydrogen-bond donors (Lipinski definition) is 3. The van der Waals surface area contributed by atoms with E-state index in [0.717, 1.165) is 17.7 Å². The molecule has 0 aliphatic carbocycles. The summed E-state index contributed by atoms with van der Waals surface area (Å²) in [5, 5.41) is 8.70. The van der Waals surface area contributed by atoms with E-state index >= 15 is 0 Å². The van der Waals surface area contributed by atoms with Crippen LogP contribution in [0.4, 0.5) is 17.1 Å². The maximum absolute atomic E-state index is 12.2. The van der Waals surface area contributed by atoms with Crippen LogP contribution in [0.2, 0.25) is 0 Å². The zero-order valence-corrected chi connectivity index (χ0v) is 19.2. The summed E-state index contributed by atoms with van der Waals surface area (Å²) in [6.07, 6.45) is 1.86. The fourth-order valence-electron chi connectivity index (χ4n) is 3.15. The molecule has 176 valence electrons. The molecule has 0 saturated carbocycles. The van der Waals surface area contributed by atoms with Gasteiger partial charge in [0.2, 0.25) is 11.8 Å². The van der Waals surface area contributed by atoms with Gasteiger partial charge in [-0.25, -0.2) is 4.79 Å². The lowest BCUT2D eigenvalue weighted by Crippen LogP contribution is -2.21. The molecule has 0 heterocycles. The van der Waals surface area contributed by atoms with Gasteiger partial charge in [-0.3, -0.25) is 9.59 Å². The van der Waals surface area contributed by atoms with Gasteiger partial charge >= 0.3 is 5.97 Å². The normalized spacial score (nSPS) is 10.3. The Bertz CT molecular complexity index is 1080. The Balaban J connectivity index is 1.40. The van der Waals surface area contributed by atoms with Crippen LogP contribution in [0.3, 0.4) is 0 Å². The molecule has 0 bridgehead atoms. The number of carbonyl (C=O) groups excluding carboxylic acids is 3. The molecule has 3 aromatic rings. The minimum Gasteiger partial charge on any atom is -0.462 e. The molecule has 3 N–H and O–H groups in total. The average molecular weight is 460 g/mol. The monoisotopic (exact) mass is 459 g/mol.